The zero-order valence-electron chi connectivity index (χ0n) is 11.5. The first-order valence-electron chi connectivity index (χ1n) is 6.33. The number of hydrogen-bond donors (Lipinski definition) is 1. The van der Waals surface area contributed by atoms with Gasteiger partial charge in [0.05, 0.1) is 6.42 Å². The first-order chi connectivity index (χ1) is 9.35. The number of hydrogen-bond acceptors (Lipinski definition) is 2. The lowest BCUT2D eigenvalue weighted by atomic mass is 10.0. The summed E-state index contributed by atoms with van der Waals surface area (Å²) in [5.41, 5.74) is 0.0294. The largest absolute Gasteiger partial charge is 0.390 e. The highest BCUT2D eigenvalue weighted by molar-refractivity contribution is 5.85. The van der Waals surface area contributed by atoms with Crippen LogP contribution in [0.2, 0.25) is 0 Å². The van der Waals surface area contributed by atoms with Crippen LogP contribution in [-0.2, 0) is 0 Å². The maximum atomic E-state index is 13.2. The molecule has 22 heavy (non-hydrogen) atoms. The normalized spacial score (nSPS) is 17.3. The van der Waals surface area contributed by atoms with Crippen molar-refractivity contribution in [2.75, 3.05) is 26.2 Å². The molecule has 0 bridgehead atoms. The monoisotopic (exact) mass is 366 g/mol. The van der Waals surface area contributed by atoms with E-state index in [1.54, 1.807) is 4.90 Å². The number of alkyl halides is 3. The van der Waals surface area contributed by atoms with Gasteiger partial charge in [0.1, 0.15) is 11.6 Å². The molecule has 0 radical (unpaired) electrons. The molecule has 0 aliphatic carbocycles. The van der Waals surface area contributed by atoms with Gasteiger partial charge in [0.2, 0.25) is 0 Å². The van der Waals surface area contributed by atoms with Crippen molar-refractivity contribution < 1.29 is 22.0 Å². The van der Waals surface area contributed by atoms with Gasteiger partial charge in [-0.15, -0.1) is 24.8 Å². The summed E-state index contributed by atoms with van der Waals surface area (Å²) in [6.07, 6.45) is -5.51. The molecule has 1 heterocycles. The summed E-state index contributed by atoms with van der Waals surface area (Å²) < 4.78 is 64.6. The fourth-order valence-electron chi connectivity index (χ4n) is 2.44. The Morgan fingerprint density at radius 3 is 1.95 bits per heavy atom. The molecule has 1 atom stereocenters. The Kier molecular flexibility index (Phi) is 8.61. The summed E-state index contributed by atoms with van der Waals surface area (Å²) in [4.78, 5) is 1.61. The van der Waals surface area contributed by atoms with Gasteiger partial charge in [-0.25, -0.2) is 8.78 Å². The minimum Gasteiger partial charge on any atom is -0.314 e. The molecule has 1 N–H and O–H groups in total. The Morgan fingerprint density at radius 2 is 1.50 bits per heavy atom. The predicted octanol–water partition coefficient (Wildman–Crippen LogP) is 3.71. The van der Waals surface area contributed by atoms with Gasteiger partial charge in [-0.05, 0) is 17.7 Å². The smallest absolute Gasteiger partial charge is 0.314 e. The van der Waals surface area contributed by atoms with Crippen molar-refractivity contribution in [1.82, 2.24) is 10.2 Å². The Bertz CT molecular complexity index is 444. The van der Waals surface area contributed by atoms with E-state index in [-0.39, 0.29) is 30.4 Å². The summed E-state index contributed by atoms with van der Waals surface area (Å²) in [7, 11) is 0. The zero-order chi connectivity index (χ0) is 14.8. The lowest BCUT2D eigenvalue weighted by Crippen LogP contribution is -2.46. The molecule has 128 valence electrons. The van der Waals surface area contributed by atoms with Crippen molar-refractivity contribution >= 4 is 24.8 Å². The maximum Gasteiger partial charge on any atom is 0.390 e. The van der Waals surface area contributed by atoms with E-state index in [0.29, 0.717) is 32.2 Å². The number of nitrogens with zero attached hydrogens (tertiary/aromatic N) is 1. The fourth-order valence-corrected chi connectivity index (χ4v) is 2.44. The molecule has 0 aromatic heterocycles. The minimum atomic E-state index is -4.39. The second kappa shape index (κ2) is 8.86. The highest BCUT2D eigenvalue weighted by Crippen LogP contribution is 2.34. The van der Waals surface area contributed by atoms with Crippen molar-refractivity contribution in [2.45, 2.75) is 18.6 Å². The van der Waals surface area contributed by atoms with Crippen molar-refractivity contribution in [3.63, 3.8) is 0 Å². The van der Waals surface area contributed by atoms with Gasteiger partial charge in [-0.2, -0.15) is 13.2 Å². The van der Waals surface area contributed by atoms with Crippen molar-refractivity contribution in [2.24, 2.45) is 0 Å². The predicted molar refractivity (Wildman–Crippen MR) is 78.7 cm³/mol. The van der Waals surface area contributed by atoms with Gasteiger partial charge in [-0.1, -0.05) is 0 Å². The number of piperazine rings is 1. The molecule has 1 aliphatic heterocycles. The first-order valence-corrected chi connectivity index (χ1v) is 6.33. The molecule has 0 saturated carbocycles. The van der Waals surface area contributed by atoms with Crippen LogP contribution in [-0.4, -0.2) is 37.3 Å². The molecule has 0 unspecified atom stereocenters. The van der Waals surface area contributed by atoms with E-state index in [4.69, 9.17) is 0 Å². The van der Waals surface area contributed by atoms with E-state index in [9.17, 15) is 22.0 Å². The van der Waals surface area contributed by atoms with Gasteiger partial charge in [-0.3, -0.25) is 4.90 Å². The minimum absolute atomic E-state index is 0. The van der Waals surface area contributed by atoms with E-state index >= 15 is 0 Å². The van der Waals surface area contributed by atoms with Crippen LogP contribution < -0.4 is 5.32 Å². The van der Waals surface area contributed by atoms with Crippen LogP contribution in [0.4, 0.5) is 22.0 Å². The highest BCUT2D eigenvalue weighted by atomic mass is 35.5. The summed E-state index contributed by atoms with van der Waals surface area (Å²) >= 11 is 0. The number of benzene rings is 1. The topological polar surface area (TPSA) is 15.3 Å². The van der Waals surface area contributed by atoms with Gasteiger partial charge >= 0.3 is 6.18 Å². The third kappa shape index (κ3) is 6.24. The standard InChI is InChI=1S/C13H15F5N2.2ClH/c14-10-5-9(6-11(15)7-10)12(8-13(16,17)18)20-3-1-19-2-4-20;;/h5-7,12,19H,1-4,8H2;2*1H/t12-;;/m0../s1. The zero-order valence-corrected chi connectivity index (χ0v) is 13.1. The van der Waals surface area contributed by atoms with E-state index in [1.165, 1.54) is 0 Å². The summed E-state index contributed by atoms with van der Waals surface area (Å²) in [6, 6.07) is 1.55. The van der Waals surface area contributed by atoms with Gasteiger partial charge in [0, 0.05) is 38.3 Å². The summed E-state index contributed by atoms with van der Waals surface area (Å²) in [6.45, 7) is 1.95. The molecular formula is C13H17Cl2F5N2. The second-order valence-corrected chi connectivity index (χ2v) is 4.82. The van der Waals surface area contributed by atoms with Crippen molar-refractivity contribution in [3.8, 4) is 0 Å². The first kappa shape index (κ1) is 21.4. The Hall–Kier alpha value is -0.630. The molecule has 1 saturated heterocycles. The van der Waals surface area contributed by atoms with E-state index in [1.807, 2.05) is 0 Å². The summed E-state index contributed by atoms with van der Waals surface area (Å²) in [5, 5.41) is 3.04. The lowest BCUT2D eigenvalue weighted by molar-refractivity contribution is -0.148. The van der Waals surface area contributed by atoms with Crippen molar-refractivity contribution in [1.29, 1.82) is 0 Å². The van der Waals surface area contributed by atoms with Gasteiger partial charge in [0.15, 0.2) is 0 Å². The molecular weight excluding hydrogens is 350 g/mol. The van der Waals surface area contributed by atoms with E-state index in [0.717, 1.165) is 12.1 Å². The van der Waals surface area contributed by atoms with Crippen LogP contribution >= 0.6 is 24.8 Å². The van der Waals surface area contributed by atoms with Crippen LogP contribution in [0.3, 0.4) is 0 Å². The van der Waals surface area contributed by atoms with Crippen LogP contribution in [0, 0.1) is 11.6 Å². The van der Waals surface area contributed by atoms with Crippen molar-refractivity contribution in [3.05, 3.63) is 35.4 Å². The average Bonchev–Trinajstić information content (AvgIpc) is 2.35. The molecule has 9 heteroatoms. The molecule has 0 amide bonds. The Balaban J connectivity index is 0.00000220. The SMILES string of the molecule is Cl.Cl.Fc1cc(F)cc([C@H](CC(F)(F)F)N2CCNCC2)c1. The third-order valence-corrected chi connectivity index (χ3v) is 3.29. The van der Waals surface area contributed by atoms with Crippen LogP contribution in [0.1, 0.15) is 18.0 Å². The van der Waals surface area contributed by atoms with Crippen LogP contribution in [0.15, 0.2) is 18.2 Å². The number of rotatable bonds is 3. The quantitative estimate of drug-likeness (QED) is 0.820. The van der Waals surface area contributed by atoms with Crippen LogP contribution in [0.25, 0.3) is 0 Å². The molecule has 1 aromatic rings. The molecule has 1 aromatic carbocycles. The average molecular weight is 367 g/mol. The molecule has 1 aliphatic rings. The Labute approximate surface area is 137 Å². The van der Waals surface area contributed by atoms with E-state index < -0.39 is 30.3 Å². The molecule has 2 rings (SSSR count). The second-order valence-electron chi connectivity index (χ2n) is 4.82. The maximum absolute atomic E-state index is 13.2. The molecule has 0 spiro atoms. The van der Waals surface area contributed by atoms with Crippen LogP contribution in [0.5, 0.6) is 0 Å². The third-order valence-electron chi connectivity index (χ3n) is 3.29. The Morgan fingerprint density at radius 1 is 1.00 bits per heavy atom. The molecule has 1 fully saturated rings. The number of halogens is 7. The van der Waals surface area contributed by atoms with Gasteiger partial charge < -0.3 is 5.32 Å². The van der Waals surface area contributed by atoms with E-state index in [2.05, 4.69) is 5.32 Å². The summed E-state index contributed by atoms with van der Waals surface area (Å²) in [5.74, 6) is -1.72. The van der Waals surface area contributed by atoms with Gasteiger partial charge in [0.25, 0.3) is 0 Å². The highest BCUT2D eigenvalue weighted by Gasteiger charge is 2.36. The lowest BCUT2D eigenvalue weighted by Gasteiger charge is -2.35. The fraction of sp³-hybridized carbons (Fsp3) is 0.538. The number of nitrogens with one attached hydrogen (secondary N) is 1. The molecule has 2 nitrogen and oxygen atoms in total.